The van der Waals surface area contributed by atoms with Gasteiger partial charge in [0.05, 0.1) is 46.7 Å². The van der Waals surface area contributed by atoms with Crippen LogP contribution in [-0.2, 0) is 11.2 Å². The van der Waals surface area contributed by atoms with Crippen molar-refractivity contribution in [2.75, 3.05) is 5.73 Å². The number of rotatable bonds is 6. The molecule has 0 saturated heterocycles. The van der Waals surface area contributed by atoms with Gasteiger partial charge in [0.1, 0.15) is 17.6 Å². The molecule has 0 unspecified atom stereocenters. The molecule has 0 fully saturated rings. The van der Waals surface area contributed by atoms with Crippen molar-refractivity contribution in [2.45, 2.75) is 39.5 Å². The number of nitrogens with zero attached hydrogens (tertiary/aromatic N) is 6. The van der Waals surface area contributed by atoms with Crippen molar-refractivity contribution < 1.29 is 4.79 Å². The van der Waals surface area contributed by atoms with Crippen molar-refractivity contribution in [1.29, 1.82) is 0 Å². The highest BCUT2D eigenvalue weighted by Gasteiger charge is 2.10. The molecule has 0 saturated carbocycles. The highest BCUT2D eigenvalue weighted by atomic mass is 16.1. The molecule has 0 atom stereocenters. The summed E-state index contributed by atoms with van der Waals surface area (Å²) < 4.78 is 0. The van der Waals surface area contributed by atoms with E-state index in [2.05, 4.69) is 58.9 Å². The van der Waals surface area contributed by atoms with Crippen LogP contribution in [0.25, 0.3) is 66.4 Å². The zero-order valence-corrected chi connectivity index (χ0v) is 26.3. The molecule has 0 aliphatic carbocycles. The highest BCUT2D eigenvalue weighted by molar-refractivity contribution is 6.08. The van der Waals surface area contributed by atoms with Gasteiger partial charge in [0.25, 0.3) is 0 Å². The van der Waals surface area contributed by atoms with Gasteiger partial charge in [-0.05, 0) is 66.9 Å². The van der Waals surface area contributed by atoms with Crippen molar-refractivity contribution in [1.82, 2.24) is 39.9 Å². The molecular formula is C37H35N9O. The molecule has 47 heavy (non-hydrogen) atoms. The summed E-state index contributed by atoms with van der Waals surface area (Å²) in [6.07, 6.45) is 19.5. The number of aryl methyl sites for hydroxylation is 1. The number of anilines is 1. The zero-order chi connectivity index (χ0) is 32.6. The molecule has 10 heteroatoms. The Morgan fingerprint density at radius 3 is 1.74 bits per heavy atom. The van der Waals surface area contributed by atoms with Gasteiger partial charge in [-0.2, -0.15) is 0 Å². The lowest BCUT2D eigenvalue weighted by molar-refractivity contribution is -0.107. The number of hydrogen-bond acceptors (Lipinski definition) is 8. The third-order valence-corrected chi connectivity index (χ3v) is 7.65. The molecule has 8 aromatic rings. The smallest absolute Gasteiger partial charge is 0.138 e. The fraction of sp³-hybridized carbons (Fsp3) is 0.162. The maximum atomic E-state index is 9.17. The normalized spacial score (nSPS) is 10.9. The molecule has 8 rings (SSSR count). The summed E-state index contributed by atoms with van der Waals surface area (Å²) in [4.78, 5) is 42.0. The van der Waals surface area contributed by atoms with E-state index in [4.69, 9.17) is 5.73 Å². The van der Waals surface area contributed by atoms with Gasteiger partial charge in [0.15, 0.2) is 0 Å². The summed E-state index contributed by atoms with van der Waals surface area (Å²) in [7, 11) is 0. The summed E-state index contributed by atoms with van der Waals surface area (Å²) in [5.74, 6) is 0. The first-order chi connectivity index (χ1) is 23.1. The predicted octanol–water partition coefficient (Wildman–Crippen LogP) is 7.87. The van der Waals surface area contributed by atoms with E-state index >= 15 is 0 Å². The van der Waals surface area contributed by atoms with Crippen molar-refractivity contribution in [2.24, 2.45) is 0 Å². The van der Waals surface area contributed by atoms with E-state index in [1.54, 1.807) is 24.8 Å². The van der Waals surface area contributed by atoms with Gasteiger partial charge in [-0.15, -0.1) is 0 Å². The fourth-order valence-corrected chi connectivity index (χ4v) is 5.27. The molecule has 8 aromatic heterocycles. The fourth-order valence-electron chi connectivity index (χ4n) is 5.27. The van der Waals surface area contributed by atoms with E-state index in [-0.39, 0.29) is 0 Å². The van der Waals surface area contributed by atoms with Crippen LogP contribution in [0, 0.1) is 0 Å². The van der Waals surface area contributed by atoms with E-state index in [0.29, 0.717) is 12.1 Å². The average Bonchev–Trinajstić information content (AvgIpc) is 3.68. The number of carbonyl (C=O) groups excluding carboxylic acids is 1. The predicted molar refractivity (Wildman–Crippen MR) is 189 cm³/mol. The van der Waals surface area contributed by atoms with Gasteiger partial charge in [-0.1, -0.05) is 20.3 Å². The molecule has 0 amide bonds. The van der Waals surface area contributed by atoms with Crippen molar-refractivity contribution in [3.05, 3.63) is 104 Å². The molecule has 0 aromatic carbocycles. The van der Waals surface area contributed by atoms with Gasteiger partial charge < -0.3 is 20.5 Å². The SMILES string of the molecule is CCC=O.CCCCc1cnc2[nH]c3cnc(-c4cccnc4)cc3c2c1.Nc1cnc2[nH]c3cnc(-c4cccnc4)cc3c2c1. The van der Waals surface area contributed by atoms with Crippen LogP contribution >= 0.6 is 0 Å². The van der Waals surface area contributed by atoms with Gasteiger partial charge in [0.2, 0.25) is 0 Å². The van der Waals surface area contributed by atoms with Crippen LogP contribution in [0.2, 0.25) is 0 Å². The number of nitrogens with two attached hydrogens (primary N) is 1. The summed E-state index contributed by atoms with van der Waals surface area (Å²) >= 11 is 0. The minimum atomic E-state index is 0.639. The topological polar surface area (TPSA) is 152 Å². The first kappa shape index (κ1) is 31.0. The molecule has 0 spiro atoms. The number of aromatic amines is 2. The monoisotopic (exact) mass is 621 g/mol. The Morgan fingerprint density at radius 1 is 0.681 bits per heavy atom. The Hall–Kier alpha value is -6.03. The molecule has 8 heterocycles. The number of nitrogens with one attached hydrogen (secondary N) is 2. The van der Waals surface area contributed by atoms with E-state index < -0.39 is 0 Å². The Kier molecular flexibility index (Phi) is 9.48. The van der Waals surface area contributed by atoms with Crippen LogP contribution in [0.3, 0.4) is 0 Å². The molecular weight excluding hydrogens is 586 g/mol. The van der Waals surface area contributed by atoms with Gasteiger partial charge in [-0.3, -0.25) is 19.9 Å². The first-order valence-electron chi connectivity index (χ1n) is 15.6. The van der Waals surface area contributed by atoms with Crippen LogP contribution in [0.4, 0.5) is 5.69 Å². The third kappa shape index (κ3) is 6.96. The molecule has 0 aliphatic rings. The summed E-state index contributed by atoms with van der Waals surface area (Å²) in [6, 6.07) is 16.2. The Bertz CT molecular complexity index is 2260. The first-order valence-corrected chi connectivity index (χ1v) is 15.6. The second-order valence-corrected chi connectivity index (χ2v) is 11.0. The second-order valence-electron chi connectivity index (χ2n) is 11.0. The van der Waals surface area contributed by atoms with E-state index in [0.717, 1.165) is 68.3 Å². The second kappa shape index (κ2) is 14.4. The lowest BCUT2D eigenvalue weighted by Gasteiger charge is -2.01. The Morgan fingerprint density at radius 2 is 1.23 bits per heavy atom. The van der Waals surface area contributed by atoms with Crippen molar-refractivity contribution in [3.8, 4) is 22.5 Å². The van der Waals surface area contributed by atoms with Gasteiger partial charge in [0, 0.05) is 70.1 Å². The lowest BCUT2D eigenvalue weighted by Crippen LogP contribution is -1.87. The molecule has 0 aliphatic heterocycles. The van der Waals surface area contributed by atoms with Crippen molar-refractivity contribution in [3.63, 3.8) is 0 Å². The van der Waals surface area contributed by atoms with Crippen LogP contribution in [0.15, 0.2) is 98.1 Å². The van der Waals surface area contributed by atoms with Crippen LogP contribution < -0.4 is 5.73 Å². The largest absolute Gasteiger partial charge is 0.397 e. The Balaban J connectivity index is 0.000000149. The minimum absolute atomic E-state index is 0.639. The average molecular weight is 622 g/mol. The molecule has 0 bridgehead atoms. The van der Waals surface area contributed by atoms with Gasteiger partial charge in [-0.25, -0.2) is 9.97 Å². The van der Waals surface area contributed by atoms with Crippen LogP contribution in [0.5, 0.6) is 0 Å². The number of unbranched alkanes of at least 4 members (excludes halogenated alkanes) is 1. The van der Waals surface area contributed by atoms with E-state index in [1.165, 1.54) is 29.2 Å². The number of aldehydes is 1. The number of nitrogen functional groups attached to an aromatic ring is 1. The van der Waals surface area contributed by atoms with Gasteiger partial charge >= 0.3 is 0 Å². The lowest BCUT2D eigenvalue weighted by atomic mass is 10.1. The number of fused-ring (bicyclic) bond motifs is 6. The molecule has 0 radical (unpaired) electrons. The molecule has 10 nitrogen and oxygen atoms in total. The van der Waals surface area contributed by atoms with Crippen molar-refractivity contribution >= 4 is 55.8 Å². The number of H-pyrrole nitrogens is 2. The summed E-state index contributed by atoms with van der Waals surface area (Å²) in [5.41, 5.74) is 15.3. The summed E-state index contributed by atoms with van der Waals surface area (Å²) in [6.45, 7) is 4.02. The van der Waals surface area contributed by atoms with E-state index in [1.807, 2.05) is 68.1 Å². The third-order valence-electron chi connectivity index (χ3n) is 7.65. The molecule has 4 N–H and O–H groups in total. The number of hydrogen-bond donors (Lipinski definition) is 3. The molecule has 234 valence electrons. The van der Waals surface area contributed by atoms with Crippen LogP contribution in [0.1, 0.15) is 38.7 Å². The summed E-state index contributed by atoms with van der Waals surface area (Å²) in [5, 5.41) is 4.40. The van der Waals surface area contributed by atoms with E-state index in [9.17, 15) is 4.79 Å². The quantitative estimate of drug-likeness (QED) is 0.159. The maximum absolute atomic E-state index is 9.17. The minimum Gasteiger partial charge on any atom is -0.397 e. The zero-order valence-electron chi connectivity index (χ0n) is 26.3. The Labute approximate surface area is 271 Å². The number of pyridine rings is 6. The number of aromatic nitrogens is 8. The highest BCUT2D eigenvalue weighted by Crippen LogP contribution is 2.29. The standard InChI is InChI=1S/C19H18N4.C15H11N5.C3H6O/c1-2-3-5-13-8-16-15-9-17(14-6-4-7-20-11-14)21-12-18(15)23-19(16)22-10-13;16-10-4-12-11-5-13(9-2-1-3-17-6-9)18-8-14(11)20-15(12)19-7-10;1-2-3-4/h4,6-12H,2-3,5H2,1H3,(H,22,23);1-8H,16H2,(H,19,20);3H,2H2,1H3. The maximum Gasteiger partial charge on any atom is 0.138 e. The number of carbonyl (C=O) groups is 1. The van der Waals surface area contributed by atoms with Crippen LogP contribution in [-0.4, -0.2) is 46.2 Å².